The summed E-state index contributed by atoms with van der Waals surface area (Å²) < 4.78 is 0.984. The van der Waals surface area contributed by atoms with E-state index in [2.05, 4.69) is 26.6 Å². The predicted molar refractivity (Wildman–Crippen MR) is 87.2 cm³/mol. The Bertz CT molecular complexity index is 605. The number of aryl methyl sites for hydroxylation is 2. The smallest absolute Gasteiger partial charge is 0.243 e. The molecule has 0 fully saturated rings. The summed E-state index contributed by atoms with van der Waals surface area (Å²) in [6.07, 6.45) is 0. The Kier molecular flexibility index (Phi) is 4.79. The van der Waals surface area contributed by atoms with Gasteiger partial charge in [-0.15, -0.1) is 0 Å². The number of rotatable bonds is 4. The van der Waals surface area contributed by atoms with E-state index >= 15 is 0 Å². The molecule has 2 rings (SSSR count). The quantitative estimate of drug-likeness (QED) is 0.884. The van der Waals surface area contributed by atoms with Crippen molar-refractivity contribution in [3.63, 3.8) is 0 Å². The van der Waals surface area contributed by atoms with E-state index in [1.165, 1.54) is 0 Å². The van der Waals surface area contributed by atoms with E-state index in [-0.39, 0.29) is 12.5 Å². The topological polar surface area (TPSA) is 41.1 Å². The number of hydrogen-bond donors (Lipinski definition) is 2. The van der Waals surface area contributed by atoms with Crippen LogP contribution in [0, 0.1) is 13.8 Å². The molecule has 20 heavy (non-hydrogen) atoms. The van der Waals surface area contributed by atoms with Crippen LogP contribution in [0.15, 0.2) is 46.9 Å². The second-order valence-electron chi connectivity index (χ2n) is 4.68. The molecule has 0 aliphatic heterocycles. The minimum atomic E-state index is -0.0534. The first kappa shape index (κ1) is 14.6. The molecule has 2 aromatic carbocycles. The lowest BCUT2D eigenvalue weighted by Crippen LogP contribution is -2.22. The molecule has 0 atom stereocenters. The van der Waals surface area contributed by atoms with Gasteiger partial charge in [-0.2, -0.15) is 0 Å². The van der Waals surface area contributed by atoms with Crippen LogP contribution in [0.5, 0.6) is 0 Å². The van der Waals surface area contributed by atoms with Crippen molar-refractivity contribution in [2.75, 3.05) is 17.2 Å². The average Bonchev–Trinajstić information content (AvgIpc) is 2.41. The molecule has 1 amide bonds. The van der Waals surface area contributed by atoms with Crippen LogP contribution in [-0.4, -0.2) is 12.5 Å². The average molecular weight is 333 g/mol. The molecular weight excluding hydrogens is 316 g/mol. The Balaban J connectivity index is 1.96. The fourth-order valence-electron chi connectivity index (χ4n) is 1.98. The van der Waals surface area contributed by atoms with Gasteiger partial charge < -0.3 is 10.6 Å². The van der Waals surface area contributed by atoms with Gasteiger partial charge in [-0.25, -0.2) is 0 Å². The summed E-state index contributed by atoms with van der Waals surface area (Å²) in [5, 5.41) is 6.05. The van der Waals surface area contributed by atoms with Crippen LogP contribution in [-0.2, 0) is 4.79 Å². The van der Waals surface area contributed by atoms with Crippen LogP contribution in [0.25, 0.3) is 0 Å². The fraction of sp³-hybridized carbons (Fsp3) is 0.188. The van der Waals surface area contributed by atoms with Gasteiger partial charge in [-0.1, -0.05) is 40.2 Å². The first-order valence-electron chi connectivity index (χ1n) is 6.42. The monoisotopic (exact) mass is 332 g/mol. The number of benzene rings is 2. The molecule has 4 heteroatoms. The predicted octanol–water partition coefficient (Wildman–Crippen LogP) is 4.12. The Hall–Kier alpha value is -1.81. The Labute approximate surface area is 127 Å². The molecule has 0 unspecified atom stereocenters. The summed E-state index contributed by atoms with van der Waals surface area (Å²) in [6.45, 7) is 4.22. The van der Waals surface area contributed by atoms with Gasteiger partial charge in [0.25, 0.3) is 0 Å². The minimum Gasteiger partial charge on any atom is -0.376 e. The third-order valence-electron chi connectivity index (χ3n) is 3.02. The highest BCUT2D eigenvalue weighted by Gasteiger charge is 2.06. The molecule has 0 spiro atoms. The Morgan fingerprint density at radius 2 is 1.75 bits per heavy atom. The maximum Gasteiger partial charge on any atom is 0.243 e. The van der Waals surface area contributed by atoms with Gasteiger partial charge in [0.05, 0.1) is 6.54 Å². The maximum atomic E-state index is 12.0. The van der Waals surface area contributed by atoms with Crippen LogP contribution in [0.3, 0.4) is 0 Å². The molecule has 0 saturated heterocycles. The van der Waals surface area contributed by atoms with Gasteiger partial charge in [0, 0.05) is 15.8 Å². The van der Waals surface area contributed by atoms with E-state index in [0.29, 0.717) is 0 Å². The van der Waals surface area contributed by atoms with Gasteiger partial charge in [0.1, 0.15) is 0 Å². The molecule has 2 aromatic rings. The molecule has 0 heterocycles. The SMILES string of the molecule is Cc1cccc(C)c1NC(=O)CNc1cccc(Br)c1. The summed E-state index contributed by atoms with van der Waals surface area (Å²) in [6, 6.07) is 13.7. The lowest BCUT2D eigenvalue weighted by Gasteiger charge is -2.12. The maximum absolute atomic E-state index is 12.0. The molecule has 2 N–H and O–H groups in total. The number of carbonyl (C=O) groups excluding carboxylic acids is 1. The van der Waals surface area contributed by atoms with Crippen molar-refractivity contribution in [3.8, 4) is 0 Å². The van der Waals surface area contributed by atoms with Crippen molar-refractivity contribution < 1.29 is 4.79 Å². The fourth-order valence-corrected chi connectivity index (χ4v) is 2.38. The van der Waals surface area contributed by atoms with Crippen molar-refractivity contribution in [3.05, 3.63) is 58.1 Å². The lowest BCUT2D eigenvalue weighted by molar-refractivity contribution is -0.114. The summed E-state index contributed by atoms with van der Waals surface area (Å²) in [5.74, 6) is -0.0534. The van der Waals surface area contributed by atoms with Crippen molar-refractivity contribution in [1.82, 2.24) is 0 Å². The van der Waals surface area contributed by atoms with Crippen molar-refractivity contribution >= 4 is 33.2 Å². The van der Waals surface area contributed by atoms with Crippen LogP contribution in [0.2, 0.25) is 0 Å². The summed E-state index contributed by atoms with van der Waals surface area (Å²) in [5.41, 5.74) is 3.95. The normalized spacial score (nSPS) is 10.2. The van der Waals surface area contributed by atoms with E-state index in [4.69, 9.17) is 0 Å². The molecule has 0 bridgehead atoms. The highest BCUT2D eigenvalue weighted by molar-refractivity contribution is 9.10. The van der Waals surface area contributed by atoms with Crippen LogP contribution < -0.4 is 10.6 Å². The minimum absolute atomic E-state index is 0.0534. The van der Waals surface area contributed by atoms with Crippen molar-refractivity contribution in [1.29, 1.82) is 0 Å². The summed E-state index contributed by atoms with van der Waals surface area (Å²) in [4.78, 5) is 12.0. The third-order valence-corrected chi connectivity index (χ3v) is 3.52. The van der Waals surface area contributed by atoms with Crippen LogP contribution in [0.1, 0.15) is 11.1 Å². The molecule has 0 aliphatic rings. The van der Waals surface area contributed by atoms with Gasteiger partial charge in [0.2, 0.25) is 5.91 Å². The summed E-state index contributed by atoms with van der Waals surface area (Å²) in [7, 11) is 0. The molecule has 0 aliphatic carbocycles. The van der Waals surface area contributed by atoms with Gasteiger partial charge in [-0.3, -0.25) is 4.79 Å². The van der Waals surface area contributed by atoms with Crippen molar-refractivity contribution in [2.24, 2.45) is 0 Å². The first-order chi connectivity index (χ1) is 9.56. The third kappa shape index (κ3) is 3.84. The van der Waals surface area contributed by atoms with E-state index in [9.17, 15) is 4.79 Å². The molecule has 0 saturated carbocycles. The van der Waals surface area contributed by atoms with Crippen molar-refractivity contribution in [2.45, 2.75) is 13.8 Å². The molecular formula is C16H17BrN2O. The standard InChI is InChI=1S/C16H17BrN2O/c1-11-5-3-6-12(2)16(11)19-15(20)10-18-14-8-4-7-13(17)9-14/h3-9,18H,10H2,1-2H3,(H,19,20). The number of hydrogen-bond acceptors (Lipinski definition) is 2. The van der Waals surface area contributed by atoms with Gasteiger partial charge in [0.15, 0.2) is 0 Å². The number of amides is 1. The number of para-hydroxylation sites is 1. The largest absolute Gasteiger partial charge is 0.376 e. The number of carbonyl (C=O) groups is 1. The van der Waals surface area contributed by atoms with E-state index in [1.54, 1.807) is 0 Å². The van der Waals surface area contributed by atoms with Crippen LogP contribution in [0.4, 0.5) is 11.4 Å². The number of nitrogens with one attached hydrogen (secondary N) is 2. The van der Waals surface area contributed by atoms with E-state index < -0.39 is 0 Å². The first-order valence-corrected chi connectivity index (χ1v) is 7.21. The zero-order valence-corrected chi connectivity index (χ0v) is 13.1. The van der Waals surface area contributed by atoms with Crippen LogP contribution >= 0.6 is 15.9 Å². The van der Waals surface area contributed by atoms with E-state index in [1.807, 2.05) is 56.3 Å². The highest BCUT2D eigenvalue weighted by atomic mass is 79.9. The van der Waals surface area contributed by atoms with E-state index in [0.717, 1.165) is 27.0 Å². The number of anilines is 2. The van der Waals surface area contributed by atoms with Gasteiger partial charge >= 0.3 is 0 Å². The summed E-state index contributed by atoms with van der Waals surface area (Å²) >= 11 is 3.40. The Morgan fingerprint density at radius 3 is 2.40 bits per heavy atom. The highest BCUT2D eigenvalue weighted by Crippen LogP contribution is 2.19. The molecule has 3 nitrogen and oxygen atoms in total. The molecule has 0 aromatic heterocycles. The van der Waals surface area contributed by atoms with Gasteiger partial charge in [-0.05, 0) is 43.2 Å². The second kappa shape index (κ2) is 6.57. The zero-order valence-electron chi connectivity index (χ0n) is 11.5. The zero-order chi connectivity index (χ0) is 14.5. The number of halogens is 1. The second-order valence-corrected chi connectivity index (χ2v) is 5.59. The molecule has 0 radical (unpaired) electrons. The lowest BCUT2D eigenvalue weighted by atomic mass is 10.1. The Morgan fingerprint density at radius 1 is 1.10 bits per heavy atom. The molecule has 104 valence electrons.